The Bertz CT molecular complexity index is 537. The maximum atomic E-state index is 5.33. The molecule has 3 rings (SSSR count). The molecule has 1 fully saturated rings. The number of hydrogen-bond donors (Lipinski definition) is 0. The molecule has 1 atom stereocenters. The standard InChI is InChI=1S/C14H22N6O/c1-2-4-13-17-14(21-18-13)9-19-6-3-5-12(7-19)8-20-11-15-10-16-20/h10-12H,2-9H2,1H3/t12-/m1/s1. The second-order valence-electron chi connectivity index (χ2n) is 5.72. The first-order chi connectivity index (χ1) is 10.3. The molecule has 3 heterocycles. The highest BCUT2D eigenvalue weighted by molar-refractivity contribution is 4.87. The van der Waals surface area contributed by atoms with Gasteiger partial charge in [-0.15, -0.1) is 0 Å². The number of rotatable bonds is 6. The minimum absolute atomic E-state index is 0.610. The maximum absolute atomic E-state index is 5.33. The summed E-state index contributed by atoms with van der Waals surface area (Å²) in [5.41, 5.74) is 0. The maximum Gasteiger partial charge on any atom is 0.240 e. The van der Waals surface area contributed by atoms with E-state index in [0.717, 1.165) is 50.7 Å². The molecule has 0 aromatic carbocycles. The lowest BCUT2D eigenvalue weighted by atomic mass is 9.98. The van der Waals surface area contributed by atoms with Crippen molar-refractivity contribution in [1.82, 2.24) is 29.8 Å². The third-order valence-electron chi connectivity index (χ3n) is 3.86. The van der Waals surface area contributed by atoms with Gasteiger partial charge in [-0.05, 0) is 31.7 Å². The number of likely N-dealkylation sites (tertiary alicyclic amines) is 1. The molecule has 0 aliphatic carbocycles. The minimum atomic E-state index is 0.610. The lowest BCUT2D eigenvalue weighted by molar-refractivity contribution is 0.138. The zero-order valence-corrected chi connectivity index (χ0v) is 12.5. The average molecular weight is 290 g/mol. The van der Waals surface area contributed by atoms with Crippen LogP contribution in [0, 0.1) is 5.92 Å². The van der Waals surface area contributed by atoms with Crippen molar-refractivity contribution in [2.45, 2.75) is 45.7 Å². The van der Waals surface area contributed by atoms with Gasteiger partial charge < -0.3 is 4.52 Å². The minimum Gasteiger partial charge on any atom is -0.338 e. The SMILES string of the molecule is CCCc1noc(CN2CCC[C@@H](Cn3cncn3)C2)n1. The monoisotopic (exact) mass is 290 g/mol. The van der Waals surface area contributed by atoms with Crippen molar-refractivity contribution >= 4 is 0 Å². The molecule has 114 valence electrons. The quantitative estimate of drug-likeness (QED) is 0.803. The van der Waals surface area contributed by atoms with Crippen LogP contribution in [0.5, 0.6) is 0 Å². The van der Waals surface area contributed by atoms with E-state index >= 15 is 0 Å². The molecule has 0 N–H and O–H groups in total. The number of aromatic nitrogens is 5. The molecule has 0 spiro atoms. The van der Waals surface area contributed by atoms with Crippen molar-refractivity contribution in [2.75, 3.05) is 13.1 Å². The van der Waals surface area contributed by atoms with E-state index in [-0.39, 0.29) is 0 Å². The molecule has 1 saturated heterocycles. The van der Waals surface area contributed by atoms with Gasteiger partial charge in [0.05, 0.1) is 6.54 Å². The van der Waals surface area contributed by atoms with Gasteiger partial charge in [0.15, 0.2) is 5.82 Å². The van der Waals surface area contributed by atoms with Gasteiger partial charge in [-0.2, -0.15) is 10.1 Å². The number of nitrogens with zero attached hydrogens (tertiary/aromatic N) is 6. The van der Waals surface area contributed by atoms with Crippen LogP contribution in [-0.4, -0.2) is 42.9 Å². The Hall–Kier alpha value is -1.76. The van der Waals surface area contributed by atoms with E-state index in [9.17, 15) is 0 Å². The summed E-state index contributed by atoms with van der Waals surface area (Å²) in [4.78, 5) is 10.8. The van der Waals surface area contributed by atoms with Crippen molar-refractivity contribution < 1.29 is 4.52 Å². The zero-order valence-electron chi connectivity index (χ0n) is 12.5. The molecule has 0 unspecified atom stereocenters. The lowest BCUT2D eigenvalue weighted by Gasteiger charge is -2.31. The Balaban J connectivity index is 1.53. The third-order valence-corrected chi connectivity index (χ3v) is 3.86. The molecule has 2 aromatic rings. The van der Waals surface area contributed by atoms with Crippen molar-refractivity contribution in [3.8, 4) is 0 Å². The van der Waals surface area contributed by atoms with Gasteiger partial charge in [0, 0.05) is 19.5 Å². The van der Waals surface area contributed by atoms with Crippen LogP contribution in [0.4, 0.5) is 0 Å². The largest absolute Gasteiger partial charge is 0.338 e. The Morgan fingerprint density at radius 1 is 1.43 bits per heavy atom. The van der Waals surface area contributed by atoms with Crippen LogP contribution >= 0.6 is 0 Å². The number of aryl methyl sites for hydroxylation is 1. The summed E-state index contributed by atoms with van der Waals surface area (Å²) in [5, 5.41) is 8.21. The second-order valence-corrected chi connectivity index (χ2v) is 5.72. The van der Waals surface area contributed by atoms with E-state index < -0.39 is 0 Å². The molecule has 1 aliphatic rings. The predicted molar refractivity (Wildman–Crippen MR) is 76.3 cm³/mol. The molecule has 2 aromatic heterocycles. The van der Waals surface area contributed by atoms with Crippen LogP contribution in [0.3, 0.4) is 0 Å². The van der Waals surface area contributed by atoms with Crippen LogP contribution in [0.2, 0.25) is 0 Å². The van der Waals surface area contributed by atoms with Crippen molar-refractivity contribution in [1.29, 1.82) is 0 Å². The van der Waals surface area contributed by atoms with E-state index in [4.69, 9.17) is 4.52 Å². The molecule has 0 saturated carbocycles. The van der Waals surface area contributed by atoms with Crippen molar-refractivity contribution in [2.24, 2.45) is 5.92 Å². The molecule has 21 heavy (non-hydrogen) atoms. The summed E-state index contributed by atoms with van der Waals surface area (Å²) in [6.45, 7) is 5.95. The van der Waals surface area contributed by atoms with E-state index in [2.05, 4.69) is 32.0 Å². The summed E-state index contributed by atoms with van der Waals surface area (Å²) in [5.74, 6) is 2.17. The van der Waals surface area contributed by atoms with E-state index in [1.54, 1.807) is 12.7 Å². The van der Waals surface area contributed by atoms with Gasteiger partial charge in [-0.1, -0.05) is 12.1 Å². The van der Waals surface area contributed by atoms with Gasteiger partial charge in [-0.3, -0.25) is 9.58 Å². The fourth-order valence-electron chi connectivity index (χ4n) is 2.91. The highest BCUT2D eigenvalue weighted by Crippen LogP contribution is 2.19. The molecule has 7 nitrogen and oxygen atoms in total. The predicted octanol–water partition coefficient (Wildman–Crippen LogP) is 1.53. The normalized spacial score (nSPS) is 20.0. The zero-order chi connectivity index (χ0) is 14.5. The molecular formula is C14H22N6O. The molecule has 1 aliphatic heterocycles. The highest BCUT2D eigenvalue weighted by atomic mass is 16.5. The summed E-state index contributed by atoms with van der Waals surface area (Å²) < 4.78 is 7.25. The molecule has 0 amide bonds. The third kappa shape index (κ3) is 3.87. The van der Waals surface area contributed by atoms with Crippen LogP contribution in [0.1, 0.15) is 37.9 Å². The van der Waals surface area contributed by atoms with Gasteiger partial charge in [-0.25, -0.2) is 4.98 Å². The smallest absolute Gasteiger partial charge is 0.240 e. The Morgan fingerprint density at radius 2 is 2.38 bits per heavy atom. The van der Waals surface area contributed by atoms with Crippen LogP contribution in [-0.2, 0) is 19.5 Å². The Morgan fingerprint density at radius 3 is 3.19 bits per heavy atom. The second kappa shape index (κ2) is 6.80. The van der Waals surface area contributed by atoms with E-state index in [1.807, 2.05) is 4.68 Å². The average Bonchev–Trinajstić information content (AvgIpc) is 3.12. The van der Waals surface area contributed by atoms with Gasteiger partial charge in [0.1, 0.15) is 12.7 Å². The van der Waals surface area contributed by atoms with Crippen LogP contribution in [0.15, 0.2) is 17.2 Å². The molecular weight excluding hydrogens is 268 g/mol. The fourth-order valence-corrected chi connectivity index (χ4v) is 2.91. The Kier molecular flexibility index (Phi) is 4.59. The lowest BCUT2D eigenvalue weighted by Crippen LogP contribution is -2.36. The summed E-state index contributed by atoms with van der Waals surface area (Å²) >= 11 is 0. The number of hydrogen-bond acceptors (Lipinski definition) is 6. The van der Waals surface area contributed by atoms with Gasteiger partial charge in [0.2, 0.25) is 5.89 Å². The highest BCUT2D eigenvalue weighted by Gasteiger charge is 2.22. The van der Waals surface area contributed by atoms with E-state index in [1.165, 1.54) is 12.8 Å². The fraction of sp³-hybridized carbons (Fsp3) is 0.714. The van der Waals surface area contributed by atoms with Crippen molar-refractivity contribution in [3.05, 3.63) is 24.4 Å². The van der Waals surface area contributed by atoms with Crippen LogP contribution < -0.4 is 0 Å². The summed E-state index contributed by atoms with van der Waals surface area (Å²) in [6, 6.07) is 0. The topological polar surface area (TPSA) is 72.9 Å². The first-order valence-electron chi connectivity index (χ1n) is 7.69. The molecule has 0 bridgehead atoms. The molecule has 7 heteroatoms. The molecule has 0 radical (unpaired) electrons. The van der Waals surface area contributed by atoms with Crippen LogP contribution in [0.25, 0.3) is 0 Å². The first-order valence-corrected chi connectivity index (χ1v) is 7.69. The Labute approximate surface area is 124 Å². The summed E-state index contributed by atoms with van der Waals surface area (Å²) in [7, 11) is 0. The first kappa shape index (κ1) is 14.2. The van der Waals surface area contributed by atoms with Crippen molar-refractivity contribution in [3.63, 3.8) is 0 Å². The van der Waals surface area contributed by atoms with E-state index in [0.29, 0.717) is 5.92 Å². The van der Waals surface area contributed by atoms with Gasteiger partial charge >= 0.3 is 0 Å². The summed E-state index contributed by atoms with van der Waals surface area (Å²) in [6.07, 6.45) is 7.75. The number of piperidine rings is 1. The van der Waals surface area contributed by atoms with Gasteiger partial charge in [0.25, 0.3) is 0 Å².